The highest BCUT2D eigenvalue weighted by molar-refractivity contribution is 5.28. The number of allylic oxidation sites excluding steroid dienone is 5. The van der Waals surface area contributed by atoms with Crippen molar-refractivity contribution < 1.29 is 0 Å². The molecule has 0 heteroatoms. The van der Waals surface area contributed by atoms with Gasteiger partial charge >= 0.3 is 0 Å². The van der Waals surface area contributed by atoms with E-state index in [2.05, 4.69) is 26.5 Å². The van der Waals surface area contributed by atoms with Crippen molar-refractivity contribution in [2.24, 2.45) is 0 Å². The zero-order valence-electron chi connectivity index (χ0n) is 6.44. The fourth-order valence-corrected chi connectivity index (χ4v) is 0.542. The first kappa shape index (κ1) is 8.22. The summed E-state index contributed by atoms with van der Waals surface area (Å²) in [5.74, 6) is 0. The Morgan fingerprint density at radius 1 is 1.22 bits per heavy atom. The van der Waals surface area contributed by atoms with E-state index in [1.165, 1.54) is 11.1 Å². The lowest BCUT2D eigenvalue weighted by molar-refractivity contribution is 1.37. The van der Waals surface area contributed by atoms with E-state index in [0.29, 0.717) is 0 Å². The summed E-state index contributed by atoms with van der Waals surface area (Å²) in [4.78, 5) is 0. The fourth-order valence-electron chi connectivity index (χ4n) is 0.542. The molecule has 0 aromatic carbocycles. The van der Waals surface area contributed by atoms with Gasteiger partial charge in [-0.25, -0.2) is 0 Å². The van der Waals surface area contributed by atoms with Crippen LogP contribution in [0.1, 0.15) is 20.8 Å². The van der Waals surface area contributed by atoms with Crippen LogP contribution in [0.2, 0.25) is 0 Å². The maximum Gasteiger partial charge on any atom is -0.0395 e. The second-order valence-electron chi connectivity index (χ2n) is 2.07. The van der Waals surface area contributed by atoms with Crippen molar-refractivity contribution >= 4 is 0 Å². The van der Waals surface area contributed by atoms with Crippen LogP contribution < -0.4 is 0 Å². The molecule has 50 valence electrons. The quantitative estimate of drug-likeness (QED) is 0.494. The third kappa shape index (κ3) is 2.91. The molecule has 0 aromatic rings. The Labute approximate surface area is 57.6 Å². The van der Waals surface area contributed by atoms with E-state index < -0.39 is 0 Å². The molecule has 0 heterocycles. The highest BCUT2D eigenvalue weighted by atomic mass is 13.9. The fraction of sp³-hybridized carbons (Fsp3) is 0.333. The first-order chi connectivity index (χ1) is 4.22. The lowest BCUT2D eigenvalue weighted by atomic mass is 10.1. The molecule has 0 aliphatic rings. The van der Waals surface area contributed by atoms with Crippen LogP contribution in [0, 0.1) is 0 Å². The van der Waals surface area contributed by atoms with E-state index in [9.17, 15) is 0 Å². The maximum atomic E-state index is 3.67. The molecule has 0 saturated carbocycles. The van der Waals surface area contributed by atoms with Crippen molar-refractivity contribution in [3.8, 4) is 0 Å². The summed E-state index contributed by atoms with van der Waals surface area (Å²) in [6.07, 6.45) is 5.98. The normalized spacial score (nSPS) is 13.7. The minimum atomic E-state index is 1.24. The average molecular weight is 122 g/mol. The van der Waals surface area contributed by atoms with E-state index in [-0.39, 0.29) is 0 Å². The summed E-state index contributed by atoms with van der Waals surface area (Å²) >= 11 is 0. The van der Waals surface area contributed by atoms with Crippen LogP contribution in [0.5, 0.6) is 0 Å². The van der Waals surface area contributed by atoms with E-state index in [1.54, 1.807) is 0 Å². The summed E-state index contributed by atoms with van der Waals surface area (Å²) in [7, 11) is 0. The van der Waals surface area contributed by atoms with E-state index in [1.807, 2.05) is 19.1 Å². The molecule has 0 rings (SSSR count). The molecule has 0 fully saturated rings. The van der Waals surface area contributed by atoms with Gasteiger partial charge in [0.15, 0.2) is 0 Å². The third-order valence-electron chi connectivity index (χ3n) is 1.34. The molecule has 0 atom stereocenters. The smallest absolute Gasteiger partial charge is 0.0395 e. The molecule has 0 spiro atoms. The van der Waals surface area contributed by atoms with Crippen molar-refractivity contribution in [1.82, 2.24) is 0 Å². The molecule has 9 heavy (non-hydrogen) atoms. The molecule has 0 radical (unpaired) electrons. The largest absolute Gasteiger partial charge is 0.0988 e. The Bertz CT molecular complexity index is 147. The second kappa shape index (κ2) is 4.13. The minimum Gasteiger partial charge on any atom is -0.0988 e. The SMILES string of the molecule is C=C/C(C)=C(C)\C=C/C. The Balaban J connectivity index is 4.27. The van der Waals surface area contributed by atoms with Crippen molar-refractivity contribution in [2.75, 3.05) is 0 Å². The van der Waals surface area contributed by atoms with Crippen LogP contribution >= 0.6 is 0 Å². The van der Waals surface area contributed by atoms with E-state index in [0.717, 1.165) is 0 Å². The Kier molecular flexibility index (Phi) is 3.78. The highest BCUT2D eigenvalue weighted by Gasteiger charge is 1.83. The van der Waals surface area contributed by atoms with Gasteiger partial charge in [-0.05, 0) is 31.9 Å². The zero-order valence-corrected chi connectivity index (χ0v) is 6.44. The molecule has 0 aromatic heterocycles. The van der Waals surface area contributed by atoms with Gasteiger partial charge in [0.1, 0.15) is 0 Å². The molecular formula is C9H14. The van der Waals surface area contributed by atoms with Crippen molar-refractivity contribution in [3.63, 3.8) is 0 Å². The van der Waals surface area contributed by atoms with Crippen LogP contribution in [0.3, 0.4) is 0 Å². The van der Waals surface area contributed by atoms with Gasteiger partial charge in [-0.15, -0.1) is 0 Å². The van der Waals surface area contributed by atoms with Crippen LogP contribution in [-0.2, 0) is 0 Å². The van der Waals surface area contributed by atoms with Gasteiger partial charge < -0.3 is 0 Å². The molecule has 0 unspecified atom stereocenters. The topological polar surface area (TPSA) is 0 Å². The summed E-state index contributed by atoms with van der Waals surface area (Å²) in [5, 5.41) is 0. The molecule has 0 bridgehead atoms. The van der Waals surface area contributed by atoms with Crippen LogP contribution in [0.15, 0.2) is 36.0 Å². The number of hydrogen-bond acceptors (Lipinski definition) is 0. The van der Waals surface area contributed by atoms with Gasteiger partial charge in [-0.2, -0.15) is 0 Å². The monoisotopic (exact) mass is 122 g/mol. The Morgan fingerprint density at radius 3 is 2.11 bits per heavy atom. The van der Waals surface area contributed by atoms with Crippen LogP contribution in [0.4, 0.5) is 0 Å². The van der Waals surface area contributed by atoms with Gasteiger partial charge in [-0.1, -0.05) is 24.8 Å². The van der Waals surface area contributed by atoms with Gasteiger partial charge in [-0.3, -0.25) is 0 Å². The minimum absolute atomic E-state index is 1.24. The predicted molar refractivity (Wildman–Crippen MR) is 43.4 cm³/mol. The standard InChI is InChI=1S/C9H14/c1-5-7-9(4)8(3)6-2/h5-7H,2H2,1,3-4H3/b7-5-,9-8-. The Hall–Kier alpha value is -0.780. The summed E-state index contributed by atoms with van der Waals surface area (Å²) in [6, 6.07) is 0. The summed E-state index contributed by atoms with van der Waals surface area (Å²) < 4.78 is 0. The Morgan fingerprint density at radius 2 is 1.78 bits per heavy atom. The third-order valence-corrected chi connectivity index (χ3v) is 1.34. The highest BCUT2D eigenvalue weighted by Crippen LogP contribution is 2.04. The van der Waals surface area contributed by atoms with Crippen molar-refractivity contribution in [1.29, 1.82) is 0 Å². The van der Waals surface area contributed by atoms with E-state index >= 15 is 0 Å². The number of hydrogen-bond donors (Lipinski definition) is 0. The number of rotatable bonds is 2. The summed E-state index contributed by atoms with van der Waals surface area (Å²) in [6.45, 7) is 9.82. The van der Waals surface area contributed by atoms with Gasteiger partial charge in [0, 0.05) is 0 Å². The van der Waals surface area contributed by atoms with Gasteiger partial charge in [0.2, 0.25) is 0 Å². The second-order valence-corrected chi connectivity index (χ2v) is 2.07. The summed E-state index contributed by atoms with van der Waals surface area (Å²) in [5.41, 5.74) is 2.53. The molecular weight excluding hydrogens is 108 g/mol. The van der Waals surface area contributed by atoms with Crippen molar-refractivity contribution in [3.05, 3.63) is 36.0 Å². The molecule has 0 N–H and O–H groups in total. The molecule has 0 nitrogen and oxygen atoms in total. The van der Waals surface area contributed by atoms with Crippen LogP contribution in [0.25, 0.3) is 0 Å². The molecule has 0 amide bonds. The lowest BCUT2D eigenvalue weighted by Gasteiger charge is -1.93. The van der Waals surface area contributed by atoms with Crippen molar-refractivity contribution in [2.45, 2.75) is 20.8 Å². The average Bonchev–Trinajstić information content (AvgIpc) is 1.87. The van der Waals surface area contributed by atoms with E-state index in [4.69, 9.17) is 0 Å². The van der Waals surface area contributed by atoms with Gasteiger partial charge in [0.25, 0.3) is 0 Å². The lowest BCUT2D eigenvalue weighted by Crippen LogP contribution is -1.73. The predicted octanol–water partition coefficient (Wildman–Crippen LogP) is 3.08. The molecule has 0 aliphatic carbocycles. The zero-order chi connectivity index (χ0) is 7.28. The van der Waals surface area contributed by atoms with Crippen LogP contribution in [-0.4, -0.2) is 0 Å². The molecule has 0 saturated heterocycles. The first-order valence-corrected chi connectivity index (χ1v) is 3.15. The molecule has 0 aliphatic heterocycles. The van der Waals surface area contributed by atoms with Gasteiger partial charge in [0.05, 0.1) is 0 Å². The first-order valence-electron chi connectivity index (χ1n) is 3.15. The maximum absolute atomic E-state index is 3.67.